The SMILES string of the molecule is CCC/C(C#N)=C(/N)c1cc(OC)c(OC)c(OC)c1. The highest BCUT2D eigenvalue weighted by molar-refractivity contribution is 5.73. The number of ether oxygens (including phenoxy) is 3. The Morgan fingerprint density at radius 1 is 1.15 bits per heavy atom. The van der Waals surface area contributed by atoms with Gasteiger partial charge in [-0.15, -0.1) is 0 Å². The van der Waals surface area contributed by atoms with Crippen molar-refractivity contribution in [2.75, 3.05) is 21.3 Å². The summed E-state index contributed by atoms with van der Waals surface area (Å²) >= 11 is 0. The molecule has 0 atom stereocenters. The lowest BCUT2D eigenvalue weighted by Crippen LogP contribution is -2.03. The second kappa shape index (κ2) is 7.29. The third-order valence-corrected chi connectivity index (χ3v) is 2.94. The van der Waals surface area contributed by atoms with E-state index < -0.39 is 0 Å². The molecule has 1 aromatic carbocycles. The van der Waals surface area contributed by atoms with Gasteiger partial charge in [0.05, 0.1) is 38.7 Å². The fraction of sp³-hybridized carbons (Fsp3) is 0.400. The van der Waals surface area contributed by atoms with Crippen LogP contribution in [0.4, 0.5) is 0 Å². The summed E-state index contributed by atoms with van der Waals surface area (Å²) in [5, 5.41) is 9.17. The van der Waals surface area contributed by atoms with Crippen LogP contribution in [0.5, 0.6) is 17.2 Å². The molecule has 1 aromatic rings. The van der Waals surface area contributed by atoms with Crippen LogP contribution in [0, 0.1) is 11.3 Å². The van der Waals surface area contributed by atoms with Gasteiger partial charge in [-0.2, -0.15) is 5.26 Å². The zero-order valence-electron chi connectivity index (χ0n) is 12.3. The first-order valence-corrected chi connectivity index (χ1v) is 6.31. The van der Waals surface area contributed by atoms with E-state index in [4.69, 9.17) is 25.2 Å². The van der Waals surface area contributed by atoms with Gasteiger partial charge in [-0.05, 0) is 18.6 Å². The largest absolute Gasteiger partial charge is 0.493 e. The summed E-state index contributed by atoms with van der Waals surface area (Å²) in [7, 11) is 4.62. The Labute approximate surface area is 119 Å². The van der Waals surface area contributed by atoms with Crippen LogP contribution >= 0.6 is 0 Å². The third-order valence-electron chi connectivity index (χ3n) is 2.94. The van der Waals surface area contributed by atoms with Crippen molar-refractivity contribution in [1.29, 1.82) is 5.26 Å². The van der Waals surface area contributed by atoms with E-state index in [-0.39, 0.29) is 0 Å². The van der Waals surface area contributed by atoms with Crippen molar-refractivity contribution in [1.82, 2.24) is 0 Å². The molecular weight excluding hydrogens is 256 g/mol. The van der Waals surface area contributed by atoms with Crippen molar-refractivity contribution in [2.45, 2.75) is 19.8 Å². The molecule has 0 bridgehead atoms. The standard InChI is InChI=1S/C15H20N2O3/c1-5-6-10(9-16)14(17)11-7-12(18-2)15(20-4)13(8-11)19-3/h7-8H,5-6,17H2,1-4H3/b14-10-. The Kier molecular flexibility index (Phi) is 5.73. The quantitative estimate of drug-likeness (QED) is 0.808. The molecule has 5 heteroatoms. The van der Waals surface area contributed by atoms with E-state index in [9.17, 15) is 0 Å². The van der Waals surface area contributed by atoms with Crippen LogP contribution in [0.2, 0.25) is 0 Å². The van der Waals surface area contributed by atoms with Crippen molar-refractivity contribution in [3.8, 4) is 23.3 Å². The maximum absolute atomic E-state index is 9.17. The van der Waals surface area contributed by atoms with Crippen molar-refractivity contribution < 1.29 is 14.2 Å². The highest BCUT2D eigenvalue weighted by Crippen LogP contribution is 2.39. The minimum absolute atomic E-state index is 0.439. The van der Waals surface area contributed by atoms with Gasteiger partial charge in [-0.3, -0.25) is 0 Å². The maximum atomic E-state index is 9.17. The average molecular weight is 276 g/mol. The lowest BCUT2D eigenvalue weighted by molar-refractivity contribution is 0.324. The molecule has 0 saturated carbocycles. The number of hydrogen-bond acceptors (Lipinski definition) is 5. The van der Waals surface area contributed by atoms with Crippen molar-refractivity contribution in [3.05, 3.63) is 23.3 Å². The van der Waals surface area contributed by atoms with Crippen LogP contribution in [-0.4, -0.2) is 21.3 Å². The smallest absolute Gasteiger partial charge is 0.203 e. The first kappa shape index (κ1) is 15.7. The molecule has 0 radical (unpaired) electrons. The summed E-state index contributed by atoms with van der Waals surface area (Å²) < 4.78 is 15.8. The van der Waals surface area contributed by atoms with E-state index in [2.05, 4.69) is 6.07 Å². The third kappa shape index (κ3) is 3.15. The minimum Gasteiger partial charge on any atom is -0.493 e. The molecule has 0 amide bonds. The first-order chi connectivity index (χ1) is 9.62. The fourth-order valence-electron chi connectivity index (χ4n) is 1.91. The molecular formula is C15H20N2O3. The predicted octanol–water partition coefficient (Wildman–Crippen LogP) is 2.71. The molecule has 2 N–H and O–H groups in total. The Hall–Kier alpha value is -2.35. The number of benzene rings is 1. The molecule has 0 fully saturated rings. The summed E-state index contributed by atoms with van der Waals surface area (Å²) in [5.74, 6) is 1.53. The first-order valence-electron chi connectivity index (χ1n) is 6.31. The lowest BCUT2D eigenvalue weighted by Gasteiger charge is -2.15. The molecule has 0 unspecified atom stereocenters. The molecule has 0 saturated heterocycles. The molecule has 5 nitrogen and oxygen atoms in total. The Bertz CT molecular complexity index is 520. The number of nitrogens with zero attached hydrogens (tertiary/aromatic N) is 1. The molecule has 20 heavy (non-hydrogen) atoms. The van der Waals surface area contributed by atoms with Gasteiger partial charge in [0, 0.05) is 5.56 Å². The number of methoxy groups -OCH3 is 3. The number of nitriles is 1. The molecule has 0 aliphatic rings. The van der Waals surface area contributed by atoms with Gasteiger partial charge >= 0.3 is 0 Å². The van der Waals surface area contributed by atoms with Crippen LogP contribution < -0.4 is 19.9 Å². The Morgan fingerprint density at radius 2 is 1.70 bits per heavy atom. The summed E-state index contributed by atoms with van der Waals surface area (Å²) in [6.07, 6.45) is 1.49. The topological polar surface area (TPSA) is 77.5 Å². The second-order valence-electron chi connectivity index (χ2n) is 4.17. The number of rotatable bonds is 6. The predicted molar refractivity (Wildman–Crippen MR) is 77.7 cm³/mol. The summed E-state index contributed by atoms with van der Waals surface area (Å²) in [5.41, 5.74) is 7.76. The minimum atomic E-state index is 0.439. The summed E-state index contributed by atoms with van der Waals surface area (Å²) in [4.78, 5) is 0. The fourth-order valence-corrected chi connectivity index (χ4v) is 1.91. The van der Waals surface area contributed by atoms with Gasteiger partial charge in [0.15, 0.2) is 11.5 Å². The molecule has 0 aromatic heterocycles. The number of hydrogen-bond donors (Lipinski definition) is 1. The molecule has 0 heterocycles. The van der Waals surface area contributed by atoms with Crippen molar-refractivity contribution >= 4 is 5.70 Å². The molecule has 108 valence electrons. The van der Waals surface area contributed by atoms with E-state index in [0.29, 0.717) is 40.5 Å². The maximum Gasteiger partial charge on any atom is 0.203 e. The zero-order chi connectivity index (χ0) is 15.1. The second-order valence-corrected chi connectivity index (χ2v) is 4.17. The Morgan fingerprint density at radius 3 is 2.05 bits per heavy atom. The summed E-state index contributed by atoms with van der Waals surface area (Å²) in [6.45, 7) is 2.00. The highest BCUT2D eigenvalue weighted by Gasteiger charge is 2.15. The van der Waals surface area contributed by atoms with Crippen LogP contribution in [-0.2, 0) is 0 Å². The average Bonchev–Trinajstić information content (AvgIpc) is 2.50. The van der Waals surface area contributed by atoms with Gasteiger partial charge < -0.3 is 19.9 Å². The van der Waals surface area contributed by atoms with Crippen LogP contribution in [0.15, 0.2) is 17.7 Å². The molecule has 0 aliphatic heterocycles. The zero-order valence-corrected chi connectivity index (χ0v) is 12.3. The van der Waals surface area contributed by atoms with Gasteiger partial charge in [-0.1, -0.05) is 13.3 Å². The molecule has 1 rings (SSSR count). The number of nitrogens with two attached hydrogens (primary N) is 1. The summed E-state index contributed by atoms with van der Waals surface area (Å²) in [6, 6.07) is 5.63. The normalized spacial score (nSPS) is 11.3. The Balaban J connectivity index is 3.43. The van der Waals surface area contributed by atoms with E-state index >= 15 is 0 Å². The van der Waals surface area contributed by atoms with Gasteiger partial charge in [0.1, 0.15) is 0 Å². The van der Waals surface area contributed by atoms with Gasteiger partial charge in [-0.25, -0.2) is 0 Å². The van der Waals surface area contributed by atoms with E-state index in [0.717, 1.165) is 6.42 Å². The number of allylic oxidation sites excluding steroid dienone is 1. The van der Waals surface area contributed by atoms with Crippen molar-refractivity contribution in [2.24, 2.45) is 5.73 Å². The molecule has 0 spiro atoms. The van der Waals surface area contributed by atoms with E-state index in [1.165, 1.54) is 21.3 Å². The van der Waals surface area contributed by atoms with Crippen molar-refractivity contribution in [3.63, 3.8) is 0 Å². The van der Waals surface area contributed by atoms with Crippen LogP contribution in [0.25, 0.3) is 5.70 Å². The highest BCUT2D eigenvalue weighted by atomic mass is 16.5. The van der Waals surface area contributed by atoms with Crippen LogP contribution in [0.1, 0.15) is 25.3 Å². The lowest BCUT2D eigenvalue weighted by atomic mass is 10.0. The van der Waals surface area contributed by atoms with E-state index in [1.807, 2.05) is 6.92 Å². The van der Waals surface area contributed by atoms with Gasteiger partial charge in [0.2, 0.25) is 5.75 Å². The molecule has 0 aliphatic carbocycles. The van der Waals surface area contributed by atoms with E-state index in [1.54, 1.807) is 12.1 Å². The monoisotopic (exact) mass is 276 g/mol. The van der Waals surface area contributed by atoms with Crippen LogP contribution in [0.3, 0.4) is 0 Å². The van der Waals surface area contributed by atoms with Gasteiger partial charge in [0.25, 0.3) is 0 Å².